The number of hydrogen-bond donors (Lipinski definition) is 1. The van der Waals surface area contributed by atoms with E-state index < -0.39 is 0 Å². The molecule has 1 saturated heterocycles. The van der Waals surface area contributed by atoms with Gasteiger partial charge >= 0.3 is 0 Å². The Bertz CT molecular complexity index is 360. The van der Waals surface area contributed by atoms with Gasteiger partial charge in [0.2, 0.25) is 0 Å². The number of thioether (sulfide) groups is 1. The molecular formula is C11H19N5S. The molecule has 1 N–H and O–H groups in total. The Kier molecular flexibility index (Phi) is 4.42. The predicted octanol–water partition coefficient (Wildman–Crippen LogP) is 1.39. The summed E-state index contributed by atoms with van der Waals surface area (Å²) in [4.78, 5) is 4.56. The van der Waals surface area contributed by atoms with E-state index in [1.807, 2.05) is 22.6 Å². The number of amidine groups is 1. The Hall–Kier alpha value is -1.04. The van der Waals surface area contributed by atoms with Gasteiger partial charge in [0, 0.05) is 31.1 Å². The topological polar surface area (TPSA) is 55.1 Å². The lowest BCUT2D eigenvalue weighted by Gasteiger charge is -2.13. The summed E-state index contributed by atoms with van der Waals surface area (Å²) >= 11 is 1.83. The van der Waals surface area contributed by atoms with Gasteiger partial charge in [-0.25, -0.2) is 0 Å². The monoisotopic (exact) mass is 253 g/mol. The number of aromatic nitrogens is 3. The van der Waals surface area contributed by atoms with E-state index in [0.717, 1.165) is 30.4 Å². The molecule has 0 bridgehead atoms. The van der Waals surface area contributed by atoms with Crippen LogP contribution in [0.5, 0.6) is 0 Å². The number of aliphatic imine (C=N–C) groups is 1. The average molecular weight is 253 g/mol. The zero-order valence-electron chi connectivity index (χ0n) is 10.3. The molecule has 0 radical (unpaired) electrons. The third-order valence-corrected chi connectivity index (χ3v) is 3.83. The molecule has 1 atom stereocenters. The SMILES string of the molecule is CC(C)[C@H]1CSC(=NCCCn2ccnn2)N1. The molecule has 0 aliphatic carbocycles. The maximum Gasteiger partial charge on any atom is 0.156 e. The van der Waals surface area contributed by atoms with Crippen LogP contribution in [0.1, 0.15) is 20.3 Å². The van der Waals surface area contributed by atoms with Gasteiger partial charge in [0.05, 0.1) is 6.20 Å². The Morgan fingerprint density at radius 2 is 2.53 bits per heavy atom. The average Bonchev–Trinajstić information content (AvgIpc) is 2.96. The summed E-state index contributed by atoms with van der Waals surface area (Å²) in [6, 6.07) is 0.578. The molecule has 1 aromatic rings. The van der Waals surface area contributed by atoms with Crippen molar-refractivity contribution in [2.45, 2.75) is 32.9 Å². The molecule has 2 rings (SSSR count). The van der Waals surface area contributed by atoms with Gasteiger partial charge in [0.15, 0.2) is 5.17 Å². The van der Waals surface area contributed by atoms with Crippen LogP contribution in [0.3, 0.4) is 0 Å². The molecule has 0 aromatic carbocycles. The molecule has 94 valence electrons. The third-order valence-electron chi connectivity index (χ3n) is 2.79. The lowest BCUT2D eigenvalue weighted by atomic mass is 10.1. The van der Waals surface area contributed by atoms with Gasteiger partial charge in [-0.2, -0.15) is 0 Å². The molecule has 0 unspecified atom stereocenters. The van der Waals surface area contributed by atoms with Gasteiger partial charge in [0.25, 0.3) is 0 Å². The molecule has 2 heterocycles. The van der Waals surface area contributed by atoms with Crippen molar-refractivity contribution < 1.29 is 0 Å². The third kappa shape index (κ3) is 3.73. The highest BCUT2D eigenvalue weighted by atomic mass is 32.2. The lowest BCUT2D eigenvalue weighted by molar-refractivity contribution is 0.502. The lowest BCUT2D eigenvalue weighted by Crippen LogP contribution is -2.31. The molecule has 1 aliphatic heterocycles. The largest absolute Gasteiger partial charge is 0.361 e. The van der Waals surface area contributed by atoms with Gasteiger partial charge in [-0.3, -0.25) is 9.67 Å². The van der Waals surface area contributed by atoms with E-state index in [1.54, 1.807) is 6.20 Å². The minimum Gasteiger partial charge on any atom is -0.361 e. The first-order valence-electron chi connectivity index (χ1n) is 6.03. The van der Waals surface area contributed by atoms with E-state index in [1.165, 1.54) is 0 Å². The fourth-order valence-corrected chi connectivity index (χ4v) is 2.85. The number of aryl methyl sites for hydroxylation is 1. The predicted molar refractivity (Wildman–Crippen MR) is 71.2 cm³/mol. The summed E-state index contributed by atoms with van der Waals surface area (Å²) in [5.74, 6) is 1.81. The van der Waals surface area contributed by atoms with Gasteiger partial charge < -0.3 is 5.32 Å². The quantitative estimate of drug-likeness (QED) is 0.806. The Balaban J connectivity index is 1.68. The highest BCUT2D eigenvalue weighted by molar-refractivity contribution is 8.14. The van der Waals surface area contributed by atoms with Gasteiger partial charge in [-0.1, -0.05) is 30.8 Å². The van der Waals surface area contributed by atoms with Crippen LogP contribution in [0.15, 0.2) is 17.4 Å². The van der Waals surface area contributed by atoms with Crippen LogP contribution in [-0.2, 0) is 6.54 Å². The van der Waals surface area contributed by atoms with Crippen molar-refractivity contribution in [1.29, 1.82) is 0 Å². The standard InChI is InChI=1S/C11H19N5S/c1-9(2)10-8-17-11(14-10)12-4-3-6-16-7-5-13-15-16/h5,7,9-10H,3-4,6,8H2,1-2H3,(H,12,14)/t10-/m1/s1. The molecule has 0 saturated carbocycles. The van der Waals surface area contributed by atoms with E-state index in [2.05, 4.69) is 34.5 Å². The first-order chi connectivity index (χ1) is 8.25. The summed E-state index contributed by atoms with van der Waals surface area (Å²) < 4.78 is 1.84. The van der Waals surface area contributed by atoms with Crippen molar-refractivity contribution in [2.24, 2.45) is 10.9 Å². The summed E-state index contributed by atoms with van der Waals surface area (Å²) in [6.45, 7) is 6.22. The summed E-state index contributed by atoms with van der Waals surface area (Å²) in [5.41, 5.74) is 0. The van der Waals surface area contributed by atoms with Gasteiger partial charge in [0.1, 0.15) is 0 Å². The van der Waals surface area contributed by atoms with Crippen LogP contribution in [0, 0.1) is 5.92 Å². The molecular weight excluding hydrogens is 234 g/mol. The van der Waals surface area contributed by atoms with E-state index in [4.69, 9.17) is 0 Å². The number of hydrogen-bond acceptors (Lipinski definition) is 4. The van der Waals surface area contributed by atoms with E-state index in [9.17, 15) is 0 Å². The molecule has 1 aromatic heterocycles. The van der Waals surface area contributed by atoms with Crippen molar-refractivity contribution in [2.75, 3.05) is 12.3 Å². The molecule has 0 amide bonds. The summed E-state index contributed by atoms with van der Waals surface area (Å²) in [6.07, 6.45) is 4.58. The second-order valence-corrected chi connectivity index (χ2v) is 5.52. The fourth-order valence-electron chi connectivity index (χ4n) is 1.63. The first kappa shape index (κ1) is 12.4. The van der Waals surface area contributed by atoms with Crippen molar-refractivity contribution in [3.63, 3.8) is 0 Å². The van der Waals surface area contributed by atoms with Crippen molar-refractivity contribution >= 4 is 16.9 Å². The molecule has 1 fully saturated rings. The Morgan fingerprint density at radius 3 is 3.18 bits per heavy atom. The van der Waals surface area contributed by atoms with Crippen LogP contribution in [0.2, 0.25) is 0 Å². The van der Waals surface area contributed by atoms with Crippen molar-refractivity contribution in [3.05, 3.63) is 12.4 Å². The van der Waals surface area contributed by atoms with Gasteiger partial charge in [-0.15, -0.1) is 5.10 Å². The Labute approximate surface area is 106 Å². The second kappa shape index (κ2) is 6.05. The smallest absolute Gasteiger partial charge is 0.156 e. The number of rotatable bonds is 5. The number of nitrogens with zero attached hydrogens (tertiary/aromatic N) is 4. The highest BCUT2D eigenvalue weighted by Gasteiger charge is 2.22. The zero-order chi connectivity index (χ0) is 12.1. The highest BCUT2D eigenvalue weighted by Crippen LogP contribution is 2.18. The van der Waals surface area contributed by atoms with Crippen LogP contribution in [0.25, 0.3) is 0 Å². The fraction of sp³-hybridized carbons (Fsp3) is 0.727. The molecule has 0 spiro atoms. The zero-order valence-corrected chi connectivity index (χ0v) is 11.2. The minimum absolute atomic E-state index is 0.578. The number of nitrogens with one attached hydrogen (secondary N) is 1. The molecule has 6 heteroatoms. The van der Waals surface area contributed by atoms with E-state index in [-0.39, 0.29) is 0 Å². The first-order valence-corrected chi connectivity index (χ1v) is 7.02. The maximum atomic E-state index is 4.56. The molecule has 1 aliphatic rings. The van der Waals surface area contributed by atoms with E-state index in [0.29, 0.717) is 12.0 Å². The summed E-state index contributed by atoms with van der Waals surface area (Å²) in [7, 11) is 0. The van der Waals surface area contributed by atoms with E-state index >= 15 is 0 Å². The summed E-state index contributed by atoms with van der Waals surface area (Å²) in [5, 5.41) is 12.2. The van der Waals surface area contributed by atoms with Crippen LogP contribution >= 0.6 is 11.8 Å². The van der Waals surface area contributed by atoms with Crippen LogP contribution in [-0.4, -0.2) is 38.5 Å². The van der Waals surface area contributed by atoms with Crippen LogP contribution < -0.4 is 5.32 Å². The van der Waals surface area contributed by atoms with Crippen molar-refractivity contribution in [3.8, 4) is 0 Å². The minimum atomic E-state index is 0.578. The Morgan fingerprint density at radius 1 is 1.65 bits per heavy atom. The molecule has 5 nitrogen and oxygen atoms in total. The van der Waals surface area contributed by atoms with Gasteiger partial charge in [-0.05, 0) is 12.3 Å². The second-order valence-electron chi connectivity index (χ2n) is 4.51. The normalized spacial score (nSPS) is 22.3. The maximum absolute atomic E-state index is 4.56. The van der Waals surface area contributed by atoms with Crippen molar-refractivity contribution in [1.82, 2.24) is 20.3 Å². The molecule has 17 heavy (non-hydrogen) atoms. The van der Waals surface area contributed by atoms with Crippen LogP contribution in [0.4, 0.5) is 0 Å².